The molecule has 0 aliphatic carbocycles. The maximum atomic E-state index is 11.0. The Morgan fingerprint density at radius 1 is 1.00 bits per heavy atom. The van der Waals surface area contributed by atoms with Crippen LogP contribution in [0.15, 0.2) is 48.7 Å². The number of rotatable bonds is 1. The number of halogens is 2. The van der Waals surface area contributed by atoms with Crippen molar-refractivity contribution in [3.8, 4) is 0 Å². The predicted molar refractivity (Wildman–Crippen MR) is 80.7 cm³/mol. The van der Waals surface area contributed by atoms with Crippen molar-refractivity contribution in [3.63, 3.8) is 0 Å². The Morgan fingerprint density at radius 2 is 1.63 bits per heavy atom. The van der Waals surface area contributed by atoms with Gasteiger partial charge < -0.3 is 5.11 Å². The van der Waals surface area contributed by atoms with Crippen LogP contribution in [0.4, 0.5) is 0 Å². The highest BCUT2D eigenvalue weighted by Crippen LogP contribution is 2.24. The first kappa shape index (κ1) is 15.2. The van der Waals surface area contributed by atoms with Gasteiger partial charge in [0.1, 0.15) is 0 Å². The van der Waals surface area contributed by atoms with Gasteiger partial charge in [-0.3, -0.25) is 4.98 Å². The molecular formula is C14H11Cl2NO2. The third-order valence-electron chi connectivity index (χ3n) is 2.83. The van der Waals surface area contributed by atoms with Gasteiger partial charge in [-0.05, 0) is 22.9 Å². The van der Waals surface area contributed by atoms with Crippen LogP contribution in [0.5, 0.6) is 0 Å². The summed E-state index contributed by atoms with van der Waals surface area (Å²) in [7, 11) is 0. The zero-order chi connectivity index (χ0) is 11.8. The largest absolute Gasteiger partial charge is 0.478 e. The Kier molecular flexibility index (Phi) is 4.70. The normalized spacial score (nSPS) is 9.68. The minimum atomic E-state index is -0.938. The van der Waals surface area contributed by atoms with Crippen molar-refractivity contribution in [1.29, 1.82) is 0 Å². The summed E-state index contributed by atoms with van der Waals surface area (Å²) in [4.78, 5) is 15.2. The molecule has 3 aromatic rings. The Balaban J connectivity index is 0.000000902. The fourth-order valence-electron chi connectivity index (χ4n) is 1.99. The highest BCUT2D eigenvalue weighted by Gasteiger charge is 2.11. The van der Waals surface area contributed by atoms with Crippen LogP contribution >= 0.6 is 24.8 Å². The van der Waals surface area contributed by atoms with Gasteiger partial charge in [0.25, 0.3) is 0 Å². The van der Waals surface area contributed by atoms with E-state index >= 15 is 0 Å². The van der Waals surface area contributed by atoms with E-state index in [-0.39, 0.29) is 30.4 Å². The lowest BCUT2D eigenvalue weighted by atomic mass is 10.1. The molecule has 0 aliphatic rings. The number of aromatic nitrogens is 1. The molecule has 19 heavy (non-hydrogen) atoms. The molecule has 1 N–H and O–H groups in total. The van der Waals surface area contributed by atoms with Crippen LogP contribution in [-0.2, 0) is 0 Å². The van der Waals surface area contributed by atoms with Crippen molar-refractivity contribution in [3.05, 3.63) is 54.2 Å². The first-order valence-electron chi connectivity index (χ1n) is 5.26. The van der Waals surface area contributed by atoms with Gasteiger partial charge in [0, 0.05) is 11.6 Å². The van der Waals surface area contributed by atoms with Gasteiger partial charge in [-0.25, -0.2) is 4.79 Å². The van der Waals surface area contributed by atoms with Crippen LogP contribution in [0.25, 0.3) is 21.7 Å². The molecule has 0 saturated carbocycles. The van der Waals surface area contributed by atoms with Crippen molar-refractivity contribution in [2.24, 2.45) is 0 Å². The van der Waals surface area contributed by atoms with Crippen LogP contribution in [0.2, 0.25) is 0 Å². The molecule has 0 fully saturated rings. The molecule has 1 aromatic heterocycles. The summed E-state index contributed by atoms with van der Waals surface area (Å²) in [6, 6.07) is 13.6. The highest BCUT2D eigenvalue weighted by atomic mass is 35.5. The number of nitrogens with zero attached hydrogens (tertiary/aromatic N) is 1. The van der Waals surface area contributed by atoms with Crippen LogP contribution in [0.1, 0.15) is 10.4 Å². The van der Waals surface area contributed by atoms with Crippen LogP contribution < -0.4 is 0 Å². The number of carboxylic acid groups (broad SMARTS) is 1. The molecule has 0 unspecified atom stereocenters. The Hall–Kier alpha value is -1.84. The van der Waals surface area contributed by atoms with E-state index in [9.17, 15) is 4.79 Å². The average molecular weight is 296 g/mol. The van der Waals surface area contributed by atoms with E-state index < -0.39 is 5.97 Å². The second kappa shape index (κ2) is 5.87. The number of carboxylic acids is 1. The lowest BCUT2D eigenvalue weighted by Gasteiger charge is -1.95. The molecule has 5 heteroatoms. The monoisotopic (exact) mass is 295 g/mol. The second-order valence-corrected chi connectivity index (χ2v) is 3.89. The summed E-state index contributed by atoms with van der Waals surface area (Å²) in [6.07, 6.45) is 1.41. The molecule has 1 heterocycles. The maximum Gasteiger partial charge on any atom is 0.337 e. The number of carbonyl (C=O) groups is 1. The van der Waals surface area contributed by atoms with Gasteiger partial charge in [0.2, 0.25) is 0 Å². The molecule has 0 bridgehead atoms. The summed E-state index contributed by atoms with van der Waals surface area (Å²) in [5, 5.41) is 11.8. The molecule has 0 spiro atoms. The zero-order valence-corrected chi connectivity index (χ0v) is 11.4. The van der Waals surface area contributed by atoms with Gasteiger partial charge in [-0.15, -0.1) is 24.8 Å². The van der Waals surface area contributed by atoms with Crippen molar-refractivity contribution in [2.75, 3.05) is 0 Å². The molecule has 0 amide bonds. The molecule has 0 atom stereocenters. The summed E-state index contributed by atoms with van der Waals surface area (Å²) >= 11 is 0. The van der Waals surface area contributed by atoms with Crippen molar-refractivity contribution < 1.29 is 9.90 Å². The summed E-state index contributed by atoms with van der Waals surface area (Å²) in [5.41, 5.74) is 0.981. The summed E-state index contributed by atoms with van der Waals surface area (Å²) < 4.78 is 0. The Labute approximate surface area is 122 Å². The topological polar surface area (TPSA) is 50.2 Å². The quantitative estimate of drug-likeness (QED) is 0.740. The van der Waals surface area contributed by atoms with Crippen LogP contribution in [0, 0.1) is 0 Å². The first-order chi connectivity index (χ1) is 8.25. The molecule has 3 rings (SSSR count). The molecule has 0 radical (unpaired) electrons. The minimum absolute atomic E-state index is 0. The fraction of sp³-hybridized carbons (Fsp3) is 0. The molecule has 0 saturated heterocycles. The lowest BCUT2D eigenvalue weighted by Crippen LogP contribution is -1.93. The maximum absolute atomic E-state index is 11.0. The number of hydrogen-bond donors (Lipinski definition) is 1. The average Bonchev–Trinajstić information content (AvgIpc) is 2.57. The van der Waals surface area contributed by atoms with Crippen molar-refractivity contribution >= 4 is 52.5 Å². The van der Waals surface area contributed by atoms with Gasteiger partial charge >= 0.3 is 5.97 Å². The Morgan fingerprint density at radius 3 is 2.26 bits per heavy atom. The number of aromatic carboxylic acids is 1. The molecule has 0 aliphatic heterocycles. The molecule has 2 aromatic carbocycles. The van der Waals surface area contributed by atoms with Crippen molar-refractivity contribution in [2.45, 2.75) is 0 Å². The van der Waals surface area contributed by atoms with Gasteiger partial charge in [0.15, 0.2) is 0 Å². The SMILES string of the molecule is Cl.Cl.O=C(O)c1cnc2cc3cccccc3cc12. The van der Waals surface area contributed by atoms with E-state index in [0.29, 0.717) is 5.39 Å². The number of fused-ring (bicyclic) bond motifs is 2. The van der Waals surface area contributed by atoms with E-state index in [0.717, 1.165) is 16.3 Å². The number of hydrogen-bond acceptors (Lipinski definition) is 2. The fourth-order valence-corrected chi connectivity index (χ4v) is 1.99. The summed E-state index contributed by atoms with van der Waals surface area (Å²) in [6.45, 7) is 0. The minimum Gasteiger partial charge on any atom is -0.478 e. The predicted octanol–water partition coefficient (Wildman–Crippen LogP) is 3.93. The molecule has 98 valence electrons. The first-order valence-corrected chi connectivity index (χ1v) is 5.26. The molecule has 3 nitrogen and oxygen atoms in total. The van der Waals surface area contributed by atoms with Gasteiger partial charge in [-0.2, -0.15) is 0 Å². The van der Waals surface area contributed by atoms with Crippen LogP contribution in [0.3, 0.4) is 0 Å². The summed E-state index contributed by atoms with van der Waals surface area (Å²) in [5.74, 6) is -0.938. The van der Waals surface area contributed by atoms with Crippen LogP contribution in [-0.4, -0.2) is 16.1 Å². The molecular weight excluding hydrogens is 285 g/mol. The second-order valence-electron chi connectivity index (χ2n) is 3.89. The standard InChI is InChI=1S/C14H9NO2.2ClH/c16-14(17)12-8-15-13-7-10-5-3-1-2-4-9(10)6-11(12)13;;/h1-8H,(H,16,17);2*1H. The number of benzene rings is 1. The van der Waals surface area contributed by atoms with E-state index in [2.05, 4.69) is 4.98 Å². The van der Waals surface area contributed by atoms with E-state index in [1.165, 1.54) is 6.20 Å². The van der Waals surface area contributed by atoms with Gasteiger partial charge in [-0.1, -0.05) is 30.3 Å². The van der Waals surface area contributed by atoms with Gasteiger partial charge in [0.05, 0.1) is 11.1 Å². The highest BCUT2D eigenvalue weighted by molar-refractivity contribution is 6.07. The zero-order valence-electron chi connectivity index (χ0n) is 9.74. The third kappa shape index (κ3) is 2.62. The van der Waals surface area contributed by atoms with E-state index in [1.807, 2.05) is 42.5 Å². The van der Waals surface area contributed by atoms with E-state index in [1.54, 1.807) is 0 Å². The third-order valence-corrected chi connectivity index (χ3v) is 2.83. The smallest absolute Gasteiger partial charge is 0.337 e. The van der Waals surface area contributed by atoms with Crippen molar-refractivity contribution in [1.82, 2.24) is 4.98 Å². The Bertz CT molecular complexity index is 744. The van der Waals surface area contributed by atoms with E-state index in [4.69, 9.17) is 5.11 Å². The lowest BCUT2D eigenvalue weighted by molar-refractivity contribution is 0.0699.